The van der Waals surface area contributed by atoms with Crippen LogP contribution in [-0.4, -0.2) is 48.5 Å². The first-order valence-corrected chi connectivity index (χ1v) is 6.28. The van der Waals surface area contributed by atoms with E-state index in [9.17, 15) is 5.11 Å². The molecule has 15 heavy (non-hydrogen) atoms. The number of morpholine rings is 1. The van der Waals surface area contributed by atoms with Crippen LogP contribution in [-0.2, 0) is 4.74 Å². The molecule has 0 aromatic carbocycles. The van der Waals surface area contributed by atoms with Gasteiger partial charge in [0.15, 0.2) is 0 Å². The van der Waals surface area contributed by atoms with Gasteiger partial charge in [-0.1, -0.05) is 13.8 Å². The van der Waals surface area contributed by atoms with Gasteiger partial charge in [-0.2, -0.15) is 0 Å². The average molecular weight is 213 g/mol. The van der Waals surface area contributed by atoms with Crippen LogP contribution in [0.15, 0.2) is 0 Å². The van der Waals surface area contributed by atoms with Crippen molar-refractivity contribution in [1.29, 1.82) is 0 Å². The number of aliphatic hydroxyl groups is 1. The smallest absolute Gasteiger partial charge is 0.0718 e. The van der Waals surface area contributed by atoms with Crippen molar-refractivity contribution >= 4 is 0 Å². The van der Waals surface area contributed by atoms with Crippen LogP contribution in [0.25, 0.3) is 0 Å². The Hall–Kier alpha value is -0.120. The number of hydrogen-bond donors (Lipinski definition) is 1. The molecule has 1 saturated carbocycles. The highest BCUT2D eigenvalue weighted by Gasteiger charge is 2.48. The van der Waals surface area contributed by atoms with Crippen molar-refractivity contribution in [1.82, 2.24) is 4.90 Å². The van der Waals surface area contributed by atoms with Gasteiger partial charge in [0.05, 0.1) is 12.7 Å². The van der Waals surface area contributed by atoms with Crippen LogP contribution >= 0.6 is 0 Å². The Balaban J connectivity index is 0.000000404. The Morgan fingerprint density at radius 2 is 2.13 bits per heavy atom. The van der Waals surface area contributed by atoms with E-state index in [0.29, 0.717) is 18.8 Å². The summed E-state index contributed by atoms with van der Waals surface area (Å²) in [5.74, 6) is 0. The lowest BCUT2D eigenvalue weighted by molar-refractivity contribution is 0.0168. The maximum Gasteiger partial charge on any atom is 0.0718 e. The molecule has 0 spiro atoms. The van der Waals surface area contributed by atoms with Crippen molar-refractivity contribution in [2.24, 2.45) is 5.41 Å². The Morgan fingerprint density at radius 3 is 2.53 bits per heavy atom. The van der Waals surface area contributed by atoms with Crippen LogP contribution in [0.5, 0.6) is 0 Å². The van der Waals surface area contributed by atoms with E-state index in [1.54, 1.807) is 0 Å². The topological polar surface area (TPSA) is 32.7 Å². The maximum atomic E-state index is 9.23. The van der Waals surface area contributed by atoms with Gasteiger partial charge in [0.2, 0.25) is 0 Å². The van der Waals surface area contributed by atoms with Crippen molar-refractivity contribution in [2.75, 3.05) is 26.3 Å². The zero-order chi connectivity index (χ0) is 10.9. The van der Waals surface area contributed by atoms with Crippen LogP contribution in [0.4, 0.5) is 0 Å². The van der Waals surface area contributed by atoms with Gasteiger partial charge < -0.3 is 9.84 Å². The third-order valence-corrected chi connectivity index (χ3v) is 3.84. The Labute approximate surface area is 92.4 Å². The lowest BCUT2D eigenvalue weighted by Crippen LogP contribution is -2.41. The van der Waals surface area contributed by atoms with Crippen molar-refractivity contribution in [3.63, 3.8) is 0 Å². The van der Waals surface area contributed by atoms with Gasteiger partial charge in [-0.05, 0) is 19.3 Å². The Bertz CT molecular complexity index is 216. The van der Waals surface area contributed by atoms with Gasteiger partial charge in [0.25, 0.3) is 0 Å². The van der Waals surface area contributed by atoms with Gasteiger partial charge in [0.1, 0.15) is 0 Å². The second-order valence-corrected chi connectivity index (χ2v) is 4.93. The molecular weight excluding hydrogens is 190 g/mol. The van der Waals surface area contributed by atoms with Crippen LogP contribution in [0.3, 0.4) is 0 Å². The number of hydrogen-bond acceptors (Lipinski definition) is 3. The molecule has 2 saturated heterocycles. The molecule has 3 fully saturated rings. The van der Waals surface area contributed by atoms with Gasteiger partial charge in [0, 0.05) is 31.2 Å². The highest BCUT2D eigenvalue weighted by molar-refractivity contribution is 5.00. The highest BCUT2D eigenvalue weighted by atomic mass is 16.5. The molecule has 1 N–H and O–H groups in total. The summed E-state index contributed by atoms with van der Waals surface area (Å²) in [4.78, 5) is 2.53. The number of fused-ring (bicyclic) bond motifs is 2. The monoisotopic (exact) mass is 213 g/mol. The third kappa shape index (κ3) is 2.19. The Morgan fingerprint density at radius 1 is 1.40 bits per heavy atom. The largest absolute Gasteiger partial charge is 0.396 e. The molecule has 2 heterocycles. The Kier molecular flexibility index (Phi) is 3.33. The lowest BCUT2D eigenvalue weighted by Gasteiger charge is -2.29. The molecule has 0 aromatic heterocycles. The molecule has 0 radical (unpaired) electrons. The van der Waals surface area contributed by atoms with Crippen LogP contribution in [0, 0.1) is 5.41 Å². The van der Waals surface area contributed by atoms with Gasteiger partial charge in [-0.3, -0.25) is 4.90 Å². The van der Waals surface area contributed by atoms with Crippen molar-refractivity contribution in [3.8, 4) is 0 Å². The first-order chi connectivity index (χ1) is 7.31. The molecule has 2 bridgehead atoms. The number of likely N-dealkylation sites (tertiary alicyclic amines) is 1. The summed E-state index contributed by atoms with van der Waals surface area (Å²) in [5, 5.41) is 9.23. The minimum atomic E-state index is 0.282. The number of nitrogens with zero attached hydrogens (tertiary/aromatic N) is 1. The van der Waals surface area contributed by atoms with Crippen molar-refractivity contribution in [3.05, 3.63) is 0 Å². The number of aliphatic hydroxyl groups excluding tert-OH is 1. The minimum absolute atomic E-state index is 0.282. The molecule has 0 amide bonds. The zero-order valence-corrected chi connectivity index (χ0v) is 9.91. The second kappa shape index (κ2) is 4.40. The van der Waals surface area contributed by atoms with E-state index in [4.69, 9.17) is 4.74 Å². The predicted molar refractivity (Wildman–Crippen MR) is 59.8 cm³/mol. The number of rotatable bonds is 3. The molecule has 88 valence electrons. The lowest BCUT2D eigenvalue weighted by atomic mass is 10.1. The predicted octanol–water partition coefficient (Wildman–Crippen LogP) is 1.26. The molecule has 2 atom stereocenters. The molecule has 1 aliphatic carbocycles. The summed E-state index contributed by atoms with van der Waals surface area (Å²) in [6.07, 6.45) is 4.16. The van der Waals surface area contributed by atoms with Gasteiger partial charge in [-0.25, -0.2) is 0 Å². The minimum Gasteiger partial charge on any atom is -0.396 e. The molecule has 0 aromatic rings. The fourth-order valence-corrected chi connectivity index (χ4v) is 2.65. The number of ether oxygens (including phenoxy) is 1. The van der Waals surface area contributed by atoms with Crippen molar-refractivity contribution in [2.45, 2.75) is 45.3 Å². The summed E-state index contributed by atoms with van der Waals surface area (Å²) in [7, 11) is 0. The molecule has 3 rings (SSSR count). The van der Waals surface area contributed by atoms with Crippen molar-refractivity contribution < 1.29 is 9.84 Å². The van der Waals surface area contributed by atoms with E-state index in [2.05, 4.69) is 4.90 Å². The first kappa shape index (κ1) is 11.4. The summed E-state index contributed by atoms with van der Waals surface area (Å²) in [6, 6.07) is 0.661. The summed E-state index contributed by atoms with van der Waals surface area (Å²) < 4.78 is 5.55. The van der Waals surface area contributed by atoms with Crippen LogP contribution in [0.1, 0.15) is 33.1 Å². The quantitative estimate of drug-likeness (QED) is 0.766. The first-order valence-electron chi connectivity index (χ1n) is 6.28. The van der Waals surface area contributed by atoms with E-state index in [0.717, 1.165) is 19.7 Å². The third-order valence-electron chi connectivity index (χ3n) is 3.84. The highest BCUT2D eigenvalue weighted by Crippen LogP contribution is 2.47. The molecule has 3 aliphatic rings. The van der Waals surface area contributed by atoms with E-state index in [1.807, 2.05) is 13.8 Å². The fraction of sp³-hybridized carbons (Fsp3) is 1.00. The van der Waals surface area contributed by atoms with E-state index in [1.165, 1.54) is 19.3 Å². The van der Waals surface area contributed by atoms with Gasteiger partial charge in [-0.15, -0.1) is 0 Å². The van der Waals surface area contributed by atoms with Crippen LogP contribution in [0.2, 0.25) is 0 Å². The van der Waals surface area contributed by atoms with Gasteiger partial charge >= 0.3 is 0 Å². The second-order valence-electron chi connectivity index (χ2n) is 4.93. The van der Waals surface area contributed by atoms with E-state index >= 15 is 0 Å². The van der Waals surface area contributed by atoms with E-state index < -0.39 is 0 Å². The average Bonchev–Trinajstić information content (AvgIpc) is 2.75. The summed E-state index contributed by atoms with van der Waals surface area (Å²) in [5.41, 5.74) is 0.282. The maximum absolute atomic E-state index is 9.23. The molecule has 3 nitrogen and oxygen atoms in total. The zero-order valence-electron chi connectivity index (χ0n) is 9.91. The SMILES string of the molecule is CC.OCC1(CN2C[C@H]3C[C@@H]2CO3)CC1. The summed E-state index contributed by atoms with van der Waals surface area (Å²) in [6.45, 7) is 7.51. The molecule has 0 unspecified atom stereocenters. The normalized spacial score (nSPS) is 36.2. The van der Waals surface area contributed by atoms with Crippen LogP contribution < -0.4 is 0 Å². The van der Waals surface area contributed by atoms with E-state index in [-0.39, 0.29) is 5.41 Å². The summed E-state index contributed by atoms with van der Waals surface area (Å²) >= 11 is 0. The molecule has 2 aliphatic heterocycles. The molecular formula is C12H23NO2. The standard InChI is InChI=1S/C10H17NO2.C2H6/c12-7-10(1-2-10)6-11-4-9-3-8(11)5-13-9;1-2/h8-9,12H,1-7H2;1-2H3/t8-,9-;/m1./s1. The molecule has 3 heteroatoms. The fourth-order valence-electron chi connectivity index (χ4n) is 2.65.